The molecule has 1 amide bonds. The van der Waals surface area contributed by atoms with Crippen molar-refractivity contribution in [2.75, 3.05) is 26.6 Å². The number of amides is 1. The van der Waals surface area contributed by atoms with E-state index in [1.54, 1.807) is 32.4 Å². The number of rotatable bonds is 8. The van der Waals surface area contributed by atoms with Gasteiger partial charge < -0.3 is 19.5 Å². The first kappa shape index (κ1) is 24.8. The Morgan fingerprint density at radius 3 is 2.55 bits per heavy atom. The van der Waals surface area contributed by atoms with E-state index in [1.165, 1.54) is 29.4 Å². The average Bonchev–Trinajstić information content (AvgIpc) is 3.18. The molecule has 1 aromatic carbocycles. The monoisotopic (exact) mass is 471 g/mol. The van der Waals surface area contributed by atoms with E-state index in [4.69, 9.17) is 14.2 Å². The minimum absolute atomic E-state index is 0.235. The van der Waals surface area contributed by atoms with Crippen LogP contribution in [0.25, 0.3) is 6.08 Å². The third-order valence-corrected chi connectivity index (χ3v) is 7.91. The summed E-state index contributed by atoms with van der Waals surface area (Å²) in [5, 5.41) is 3.47. The average molecular weight is 472 g/mol. The molecule has 1 unspecified atom stereocenters. The van der Waals surface area contributed by atoms with E-state index in [0.29, 0.717) is 28.0 Å². The molecule has 0 radical (unpaired) electrons. The molecule has 178 valence electrons. The van der Waals surface area contributed by atoms with Crippen molar-refractivity contribution < 1.29 is 23.8 Å². The van der Waals surface area contributed by atoms with Gasteiger partial charge in [0.25, 0.3) is 0 Å². The van der Waals surface area contributed by atoms with Gasteiger partial charge in [-0.2, -0.15) is 0 Å². The summed E-state index contributed by atoms with van der Waals surface area (Å²) >= 11 is 1.49. The molecule has 6 nitrogen and oxygen atoms in total. The third kappa shape index (κ3) is 5.41. The maximum absolute atomic E-state index is 12.7. The van der Waals surface area contributed by atoms with Crippen LogP contribution in [0.1, 0.15) is 60.0 Å². The first-order valence-electron chi connectivity index (χ1n) is 11.2. The lowest BCUT2D eigenvalue weighted by Crippen LogP contribution is -2.28. The Hall–Kier alpha value is -2.80. The van der Waals surface area contributed by atoms with Gasteiger partial charge in [0.05, 0.1) is 26.9 Å². The van der Waals surface area contributed by atoms with E-state index in [0.717, 1.165) is 36.8 Å². The molecule has 1 aromatic heterocycles. The minimum Gasteiger partial charge on any atom is -0.493 e. The number of thiophene rings is 1. The second-order valence-corrected chi connectivity index (χ2v) is 10.0. The van der Waals surface area contributed by atoms with Crippen molar-refractivity contribution in [3.8, 4) is 11.5 Å². The summed E-state index contributed by atoms with van der Waals surface area (Å²) in [7, 11) is 4.52. The molecule has 0 spiro atoms. The molecule has 0 aliphatic heterocycles. The van der Waals surface area contributed by atoms with Gasteiger partial charge >= 0.3 is 5.97 Å². The summed E-state index contributed by atoms with van der Waals surface area (Å²) in [5.41, 5.74) is 2.55. The zero-order valence-electron chi connectivity index (χ0n) is 20.2. The first-order valence-corrected chi connectivity index (χ1v) is 12.0. The van der Waals surface area contributed by atoms with Crippen LogP contribution in [-0.4, -0.2) is 33.2 Å². The van der Waals surface area contributed by atoms with E-state index in [9.17, 15) is 9.59 Å². The number of carbonyl (C=O) groups is 2. The van der Waals surface area contributed by atoms with Crippen molar-refractivity contribution in [3.63, 3.8) is 0 Å². The number of methoxy groups -OCH3 is 3. The van der Waals surface area contributed by atoms with Crippen molar-refractivity contribution in [3.05, 3.63) is 45.8 Å². The lowest BCUT2D eigenvalue weighted by atomic mass is 9.69. The highest BCUT2D eigenvalue weighted by Gasteiger charge is 2.35. The van der Waals surface area contributed by atoms with Gasteiger partial charge in [0, 0.05) is 11.0 Å². The zero-order chi connectivity index (χ0) is 24.2. The van der Waals surface area contributed by atoms with Gasteiger partial charge in [-0.3, -0.25) is 4.79 Å². The van der Waals surface area contributed by atoms with Crippen LogP contribution >= 0.6 is 11.3 Å². The van der Waals surface area contributed by atoms with Crippen molar-refractivity contribution in [2.45, 2.75) is 46.5 Å². The Balaban J connectivity index is 1.82. The largest absolute Gasteiger partial charge is 0.493 e. The van der Waals surface area contributed by atoms with Gasteiger partial charge in [0.1, 0.15) is 5.00 Å². The van der Waals surface area contributed by atoms with Crippen molar-refractivity contribution in [1.82, 2.24) is 0 Å². The van der Waals surface area contributed by atoms with Crippen molar-refractivity contribution >= 4 is 34.3 Å². The summed E-state index contributed by atoms with van der Waals surface area (Å²) < 4.78 is 15.6. The molecule has 1 aliphatic carbocycles. The molecule has 1 N–H and O–H groups in total. The van der Waals surface area contributed by atoms with Crippen LogP contribution in [0.2, 0.25) is 0 Å². The molecule has 1 heterocycles. The van der Waals surface area contributed by atoms with Crippen LogP contribution in [-0.2, 0) is 22.4 Å². The highest BCUT2D eigenvalue weighted by atomic mass is 32.1. The van der Waals surface area contributed by atoms with Crippen LogP contribution < -0.4 is 14.8 Å². The maximum Gasteiger partial charge on any atom is 0.341 e. The summed E-state index contributed by atoms with van der Waals surface area (Å²) in [5.74, 6) is 1.05. The molecule has 0 saturated heterocycles. The maximum atomic E-state index is 12.7. The Morgan fingerprint density at radius 2 is 1.91 bits per heavy atom. The van der Waals surface area contributed by atoms with E-state index in [2.05, 4.69) is 26.1 Å². The van der Waals surface area contributed by atoms with Gasteiger partial charge in [-0.15, -0.1) is 11.3 Å². The molecule has 0 fully saturated rings. The normalized spacial score (nSPS) is 15.8. The second kappa shape index (κ2) is 10.4. The standard InChI is InChI=1S/C26H33NO5S/c1-7-26(2,3)17-10-11-18-21(15-17)33-24(23(18)25(29)32-6)27-22(28)13-9-16-8-12-19(30-4)20(14-16)31-5/h8-9,12-14,17H,7,10-11,15H2,1-6H3,(H,27,28)/b13-9+. The van der Waals surface area contributed by atoms with E-state index in [1.807, 2.05) is 6.07 Å². The van der Waals surface area contributed by atoms with Crippen LogP contribution in [0, 0.1) is 11.3 Å². The Bertz CT molecular complexity index is 1050. The van der Waals surface area contributed by atoms with Crippen LogP contribution in [0.5, 0.6) is 11.5 Å². The SMILES string of the molecule is CCC(C)(C)C1CCc2c(sc(NC(=O)/C=C/c3ccc(OC)c(OC)c3)c2C(=O)OC)C1. The Morgan fingerprint density at radius 1 is 1.18 bits per heavy atom. The van der Waals surface area contributed by atoms with E-state index in [-0.39, 0.29) is 11.3 Å². The number of ether oxygens (including phenoxy) is 3. The number of fused-ring (bicyclic) bond motifs is 1. The van der Waals surface area contributed by atoms with E-state index < -0.39 is 5.97 Å². The molecule has 0 bridgehead atoms. The summed E-state index contributed by atoms with van der Waals surface area (Å²) in [6.07, 6.45) is 7.02. The number of benzene rings is 1. The minimum atomic E-state index is -0.403. The number of hydrogen-bond donors (Lipinski definition) is 1. The summed E-state index contributed by atoms with van der Waals surface area (Å²) in [6.45, 7) is 6.83. The molecule has 0 saturated carbocycles. The number of carbonyl (C=O) groups excluding carboxylic acids is 2. The van der Waals surface area contributed by atoms with Gasteiger partial charge in [-0.25, -0.2) is 4.79 Å². The summed E-state index contributed by atoms with van der Waals surface area (Å²) in [4.78, 5) is 26.5. The van der Waals surface area contributed by atoms with Gasteiger partial charge in [-0.05, 0) is 59.9 Å². The van der Waals surface area contributed by atoms with Gasteiger partial charge in [-0.1, -0.05) is 33.3 Å². The molecule has 1 atom stereocenters. The lowest BCUT2D eigenvalue weighted by molar-refractivity contribution is -0.111. The molecule has 7 heteroatoms. The zero-order valence-corrected chi connectivity index (χ0v) is 21.1. The van der Waals surface area contributed by atoms with Crippen LogP contribution in [0.3, 0.4) is 0 Å². The molecule has 3 rings (SSSR count). The third-order valence-electron chi connectivity index (χ3n) is 6.74. The van der Waals surface area contributed by atoms with E-state index >= 15 is 0 Å². The number of anilines is 1. The first-order chi connectivity index (χ1) is 15.7. The van der Waals surface area contributed by atoms with Crippen LogP contribution in [0.15, 0.2) is 24.3 Å². The predicted octanol–water partition coefficient (Wildman–Crippen LogP) is 5.74. The molecule has 2 aromatic rings. The van der Waals surface area contributed by atoms with Gasteiger partial charge in [0.15, 0.2) is 11.5 Å². The number of nitrogens with one attached hydrogen (secondary N) is 1. The molecule has 1 aliphatic rings. The Kier molecular flexibility index (Phi) is 7.84. The Labute approximate surface area is 199 Å². The lowest BCUT2D eigenvalue weighted by Gasteiger charge is -2.36. The smallest absolute Gasteiger partial charge is 0.341 e. The highest BCUT2D eigenvalue weighted by Crippen LogP contribution is 2.45. The molecular formula is C26H33NO5S. The van der Waals surface area contributed by atoms with Crippen molar-refractivity contribution in [2.24, 2.45) is 11.3 Å². The quantitative estimate of drug-likeness (QED) is 0.392. The van der Waals surface area contributed by atoms with Crippen LogP contribution in [0.4, 0.5) is 5.00 Å². The fourth-order valence-electron chi connectivity index (χ4n) is 4.23. The van der Waals surface area contributed by atoms with Gasteiger partial charge in [0.2, 0.25) is 5.91 Å². The predicted molar refractivity (Wildman–Crippen MR) is 132 cm³/mol. The highest BCUT2D eigenvalue weighted by molar-refractivity contribution is 7.17. The molecular weight excluding hydrogens is 438 g/mol. The summed E-state index contributed by atoms with van der Waals surface area (Å²) in [6, 6.07) is 5.42. The number of hydrogen-bond acceptors (Lipinski definition) is 6. The fraction of sp³-hybridized carbons (Fsp3) is 0.462. The number of esters is 1. The topological polar surface area (TPSA) is 73.9 Å². The van der Waals surface area contributed by atoms with Crippen molar-refractivity contribution in [1.29, 1.82) is 0 Å². The second-order valence-electron chi connectivity index (χ2n) is 8.92. The fourth-order valence-corrected chi connectivity index (χ4v) is 5.55. The molecule has 33 heavy (non-hydrogen) atoms.